The van der Waals surface area contributed by atoms with Crippen LogP contribution >= 0.6 is 0 Å². The van der Waals surface area contributed by atoms with Crippen molar-refractivity contribution in [1.29, 1.82) is 0 Å². The Labute approximate surface area is 98.7 Å². The largest absolute Gasteiger partial charge is 0.480 e. The molecule has 5 heteroatoms. The summed E-state index contributed by atoms with van der Waals surface area (Å²) in [6, 6.07) is 5.70. The zero-order chi connectivity index (χ0) is 12.4. The number of hydrogen-bond acceptors (Lipinski definition) is 4. The molecule has 0 radical (unpaired) electrons. The maximum atomic E-state index is 10.5. The molecule has 0 bridgehead atoms. The number of benzene rings is 1. The molecule has 0 aliphatic rings. The fourth-order valence-corrected chi connectivity index (χ4v) is 1.79. The summed E-state index contributed by atoms with van der Waals surface area (Å²) in [6.07, 6.45) is 0. The molecule has 0 saturated carbocycles. The Morgan fingerprint density at radius 1 is 1.53 bits per heavy atom. The van der Waals surface area contributed by atoms with Crippen molar-refractivity contribution >= 4 is 17.1 Å². The molecule has 2 rings (SSSR count). The van der Waals surface area contributed by atoms with Gasteiger partial charge >= 0.3 is 5.97 Å². The molecule has 90 valence electrons. The number of nitrogens with zero attached hydrogens (tertiary/aromatic N) is 2. The van der Waals surface area contributed by atoms with E-state index < -0.39 is 5.97 Å². The van der Waals surface area contributed by atoms with Gasteiger partial charge in [-0.15, -0.1) is 0 Å². The molecular weight excluding hydrogens is 220 g/mol. The first-order valence-corrected chi connectivity index (χ1v) is 5.31. The van der Waals surface area contributed by atoms with Crippen molar-refractivity contribution in [1.82, 2.24) is 9.88 Å². The topological polar surface area (TPSA) is 66.6 Å². The highest BCUT2D eigenvalue weighted by Crippen LogP contribution is 2.17. The molecule has 1 heterocycles. The van der Waals surface area contributed by atoms with Gasteiger partial charge in [-0.25, -0.2) is 4.98 Å². The van der Waals surface area contributed by atoms with Gasteiger partial charge in [-0.1, -0.05) is 6.07 Å². The van der Waals surface area contributed by atoms with E-state index in [2.05, 4.69) is 4.98 Å². The second-order valence-corrected chi connectivity index (χ2v) is 4.10. The first-order valence-electron chi connectivity index (χ1n) is 5.31. The second-order valence-electron chi connectivity index (χ2n) is 4.10. The summed E-state index contributed by atoms with van der Waals surface area (Å²) in [7, 11) is 1.77. The van der Waals surface area contributed by atoms with Crippen molar-refractivity contribution in [2.75, 3.05) is 13.6 Å². The smallest absolute Gasteiger partial charge is 0.317 e. The molecule has 0 amide bonds. The monoisotopic (exact) mass is 234 g/mol. The number of rotatable bonds is 4. The van der Waals surface area contributed by atoms with Crippen LogP contribution in [0.3, 0.4) is 0 Å². The van der Waals surface area contributed by atoms with Gasteiger partial charge in [0.05, 0.1) is 6.54 Å². The quantitative estimate of drug-likeness (QED) is 0.871. The number of aliphatic carboxylic acids is 1. The SMILES string of the molecule is Cc1nc2cc(CN(C)CC(=O)O)ccc2o1. The molecule has 1 aromatic carbocycles. The van der Waals surface area contributed by atoms with Crippen LogP contribution in [0.5, 0.6) is 0 Å². The van der Waals surface area contributed by atoms with Crippen LogP contribution in [0.1, 0.15) is 11.5 Å². The maximum absolute atomic E-state index is 10.5. The van der Waals surface area contributed by atoms with Crippen molar-refractivity contribution < 1.29 is 14.3 Å². The molecule has 0 unspecified atom stereocenters. The molecular formula is C12H14N2O3. The summed E-state index contributed by atoms with van der Waals surface area (Å²) in [5.74, 6) is -0.193. The lowest BCUT2D eigenvalue weighted by Crippen LogP contribution is -2.25. The van der Waals surface area contributed by atoms with Crippen LogP contribution in [0.2, 0.25) is 0 Å². The van der Waals surface area contributed by atoms with Crippen LogP contribution < -0.4 is 0 Å². The van der Waals surface area contributed by atoms with E-state index in [1.807, 2.05) is 18.2 Å². The van der Waals surface area contributed by atoms with Crippen molar-refractivity contribution in [3.63, 3.8) is 0 Å². The number of oxazole rings is 1. The van der Waals surface area contributed by atoms with Crippen molar-refractivity contribution in [2.45, 2.75) is 13.5 Å². The van der Waals surface area contributed by atoms with E-state index in [0.29, 0.717) is 12.4 Å². The van der Waals surface area contributed by atoms with Gasteiger partial charge in [0.25, 0.3) is 0 Å². The fraction of sp³-hybridized carbons (Fsp3) is 0.333. The van der Waals surface area contributed by atoms with E-state index in [0.717, 1.165) is 16.7 Å². The highest BCUT2D eigenvalue weighted by molar-refractivity contribution is 5.73. The minimum absolute atomic E-state index is 0.0237. The summed E-state index contributed by atoms with van der Waals surface area (Å²) in [4.78, 5) is 16.5. The van der Waals surface area contributed by atoms with Crippen LogP contribution in [0.25, 0.3) is 11.1 Å². The van der Waals surface area contributed by atoms with Gasteiger partial charge in [0.15, 0.2) is 11.5 Å². The zero-order valence-corrected chi connectivity index (χ0v) is 9.80. The van der Waals surface area contributed by atoms with Crippen molar-refractivity contribution in [3.8, 4) is 0 Å². The van der Waals surface area contributed by atoms with E-state index in [1.165, 1.54) is 0 Å². The van der Waals surface area contributed by atoms with E-state index in [1.54, 1.807) is 18.9 Å². The predicted octanol–water partition coefficient (Wildman–Crippen LogP) is 1.65. The highest BCUT2D eigenvalue weighted by Gasteiger charge is 2.07. The zero-order valence-electron chi connectivity index (χ0n) is 9.80. The van der Waals surface area contributed by atoms with E-state index in [-0.39, 0.29) is 6.54 Å². The fourth-order valence-electron chi connectivity index (χ4n) is 1.79. The van der Waals surface area contributed by atoms with Gasteiger partial charge in [0, 0.05) is 13.5 Å². The lowest BCUT2D eigenvalue weighted by atomic mass is 10.2. The van der Waals surface area contributed by atoms with Gasteiger partial charge in [0.2, 0.25) is 0 Å². The van der Waals surface area contributed by atoms with Crippen molar-refractivity contribution in [3.05, 3.63) is 29.7 Å². The second kappa shape index (κ2) is 4.55. The number of carboxylic acids is 1. The van der Waals surface area contributed by atoms with Gasteiger partial charge in [-0.3, -0.25) is 9.69 Å². The number of carboxylic acid groups (broad SMARTS) is 1. The molecule has 0 aliphatic heterocycles. The molecule has 2 aromatic rings. The first kappa shape index (κ1) is 11.6. The minimum atomic E-state index is -0.828. The molecule has 17 heavy (non-hydrogen) atoms. The van der Waals surface area contributed by atoms with Crippen molar-refractivity contribution in [2.24, 2.45) is 0 Å². The minimum Gasteiger partial charge on any atom is -0.480 e. The maximum Gasteiger partial charge on any atom is 0.317 e. The number of aromatic nitrogens is 1. The third kappa shape index (κ3) is 2.82. The molecule has 1 N–H and O–H groups in total. The molecule has 5 nitrogen and oxygen atoms in total. The number of hydrogen-bond donors (Lipinski definition) is 1. The lowest BCUT2D eigenvalue weighted by molar-refractivity contribution is -0.138. The predicted molar refractivity (Wildman–Crippen MR) is 62.7 cm³/mol. The third-order valence-corrected chi connectivity index (χ3v) is 2.42. The Balaban J connectivity index is 2.16. The number of aryl methyl sites for hydroxylation is 1. The number of fused-ring (bicyclic) bond motifs is 1. The standard InChI is InChI=1S/C12H14N2O3/c1-8-13-10-5-9(3-4-11(10)17-8)6-14(2)7-12(15)16/h3-5H,6-7H2,1-2H3,(H,15,16). The van der Waals surface area contributed by atoms with Gasteiger partial charge < -0.3 is 9.52 Å². The Morgan fingerprint density at radius 3 is 3.00 bits per heavy atom. The average Bonchev–Trinajstić information content (AvgIpc) is 2.55. The van der Waals surface area contributed by atoms with Crippen LogP contribution in [-0.2, 0) is 11.3 Å². The molecule has 0 fully saturated rings. The third-order valence-electron chi connectivity index (χ3n) is 2.42. The summed E-state index contributed by atoms with van der Waals surface area (Å²) in [5.41, 5.74) is 2.59. The van der Waals surface area contributed by atoms with E-state index in [4.69, 9.17) is 9.52 Å². The lowest BCUT2D eigenvalue weighted by Gasteiger charge is -2.13. The van der Waals surface area contributed by atoms with E-state index >= 15 is 0 Å². The van der Waals surface area contributed by atoms with Crippen LogP contribution in [0.15, 0.2) is 22.6 Å². The van der Waals surface area contributed by atoms with E-state index in [9.17, 15) is 4.79 Å². The molecule has 0 spiro atoms. The molecule has 0 aliphatic carbocycles. The summed E-state index contributed by atoms with van der Waals surface area (Å²) in [5, 5.41) is 8.67. The van der Waals surface area contributed by atoms with Crippen LogP contribution in [0.4, 0.5) is 0 Å². The van der Waals surface area contributed by atoms with Gasteiger partial charge in [-0.05, 0) is 24.7 Å². The molecule has 0 atom stereocenters. The summed E-state index contributed by atoms with van der Waals surface area (Å²) >= 11 is 0. The Bertz CT molecular complexity index is 548. The molecule has 0 saturated heterocycles. The molecule has 1 aromatic heterocycles. The normalized spacial score (nSPS) is 11.2. The summed E-state index contributed by atoms with van der Waals surface area (Å²) in [6.45, 7) is 2.40. The Kier molecular flexibility index (Phi) is 3.10. The Morgan fingerprint density at radius 2 is 2.29 bits per heavy atom. The summed E-state index contributed by atoms with van der Waals surface area (Å²) < 4.78 is 5.37. The number of carbonyl (C=O) groups is 1. The van der Waals surface area contributed by atoms with Gasteiger partial charge in [-0.2, -0.15) is 0 Å². The Hall–Kier alpha value is -1.88. The van der Waals surface area contributed by atoms with Crippen LogP contribution in [0, 0.1) is 6.92 Å². The number of likely N-dealkylation sites (N-methyl/N-ethyl adjacent to an activating group) is 1. The highest BCUT2D eigenvalue weighted by atomic mass is 16.4. The van der Waals surface area contributed by atoms with Crippen LogP contribution in [-0.4, -0.2) is 34.6 Å². The van der Waals surface area contributed by atoms with Gasteiger partial charge in [0.1, 0.15) is 5.52 Å². The first-order chi connectivity index (χ1) is 8.04. The average molecular weight is 234 g/mol.